The highest BCUT2D eigenvalue weighted by molar-refractivity contribution is 6.32. The van der Waals surface area contributed by atoms with E-state index in [9.17, 15) is 0 Å². The topological polar surface area (TPSA) is 53.0 Å². The summed E-state index contributed by atoms with van der Waals surface area (Å²) < 4.78 is 0. The van der Waals surface area contributed by atoms with Crippen molar-refractivity contribution in [3.63, 3.8) is 0 Å². The van der Waals surface area contributed by atoms with Crippen LogP contribution >= 0.6 is 11.6 Å². The molecular formula is C14H18ClN3. The maximum atomic E-state index is 8.89. The molecule has 0 saturated carbocycles. The van der Waals surface area contributed by atoms with E-state index in [0.29, 0.717) is 29.1 Å². The zero-order chi connectivity index (χ0) is 13.1. The summed E-state index contributed by atoms with van der Waals surface area (Å²) in [5, 5.41) is 9.41. The fourth-order valence-corrected chi connectivity index (χ4v) is 2.92. The first-order valence-electron chi connectivity index (χ1n) is 6.33. The van der Waals surface area contributed by atoms with Crippen LogP contribution in [0.15, 0.2) is 18.2 Å². The van der Waals surface area contributed by atoms with Gasteiger partial charge in [0.2, 0.25) is 0 Å². The lowest BCUT2D eigenvalue weighted by atomic mass is 9.90. The molecular weight excluding hydrogens is 246 g/mol. The Bertz CT molecular complexity index is 467. The Kier molecular flexibility index (Phi) is 4.11. The highest BCUT2D eigenvalue weighted by Gasteiger charge is 2.27. The number of halogens is 1. The molecule has 1 aliphatic rings. The molecule has 0 bridgehead atoms. The molecule has 2 unspecified atom stereocenters. The van der Waals surface area contributed by atoms with Crippen molar-refractivity contribution in [2.45, 2.75) is 25.8 Å². The summed E-state index contributed by atoms with van der Waals surface area (Å²) in [5.41, 5.74) is 7.48. The number of anilines is 1. The second kappa shape index (κ2) is 5.60. The number of nitrogens with two attached hydrogens (primary N) is 1. The lowest BCUT2D eigenvalue weighted by molar-refractivity contribution is 0.350. The molecule has 1 heterocycles. The van der Waals surface area contributed by atoms with E-state index >= 15 is 0 Å². The summed E-state index contributed by atoms with van der Waals surface area (Å²) in [6, 6.07) is 8.07. The molecule has 1 saturated heterocycles. The van der Waals surface area contributed by atoms with Crippen molar-refractivity contribution >= 4 is 17.3 Å². The summed E-state index contributed by atoms with van der Waals surface area (Å²) in [4.78, 5) is 2.32. The molecule has 1 fully saturated rings. The molecule has 96 valence electrons. The van der Waals surface area contributed by atoms with Crippen LogP contribution in [0.1, 0.15) is 25.3 Å². The molecule has 1 aromatic carbocycles. The average Bonchev–Trinajstić information content (AvgIpc) is 2.38. The van der Waals surface area contributed by atoms with Gasteiger partial charge in [0.1, 0.15) is 6.07 Å². The van der Waals surface area contributed by atoms with Crippen LogP contribution in [-0.2, 0) is 0 Å². The van der Waals surface area contributed by atoms with Gasteiger partial charge in [0, 0.05) is 24.8 Å². The molecule has 3 nitrogen and oxygen atoms in total. The summed E-state index contributed by atoms with van der Waals surface area (Å²) in [5.74, 6) is 0.596. The molecule has 2 atom stereocenters. The second-order valence-corrected chi connectivity index (χ2v) is 5.30. The predicted molar refractivity (Wildman–Crippen MR) is 74.8 cm³/mol. The maximum Gasteiger partial charge on any atom is 0.101 e. The highest BCUT2D eigenvalue weighted by Crippen LogP contribution is 2.30. The zero-order valence-corrected chi connectivity index (χ0v) is 11.3. The van der Waals surface area contributed by atoms with Crippen molar-refractivity contribution in [1.29, 1.82) is 5.26 Å². The van der Waals surface area contributed by atoms with Gasteiger partial charge in [-0.05, 0) is 37.0 Å². The van der Waals surface area contributed by atoms with Crippen LogP contribution in [0.2, 0.25) is 5.02 Å². The Morgan fingerprint density at radius 2 is 2.33 bits per heavy atom. The molecule has 0 radical (unpaired) electrons. The van der Waals surface area contributed by atoms with Crippen LogP contribution in [0.4, 0.5) is 5.69 Å². The first-order chi connectivity index (χ1) is 8.67. The highest BCUT2D eigenvalue weighted by atomic mass is 35.5. The molecule has 18 heavy (non-hydrogen) atoms. The smallest absolute Gasteiger partial charge is 0.101 e. The number of hydrogen-bond donors (Lipinski definition) is 1. The van der Waals surface area contributed by atoms with Crippen molar-refractivity contribution in [1.82, 2.24) is 0 Å². The van der Waals surface area contributed by atoms with Gasteiger partial charge in [-0.1, -0.05) is 18.5 Å². The van der Waals surface area contributed by atoms with E-state index in [1.54, 1.807) is 6.07 Å². The number of nitriles is 1. The van der Waals surface area contributed by atoms with Gasteiger partial charge in [0.25, 0.3) is 0 Å². The Balaban J connectivity index is 2.30. The minimum atomic E-state index is 0.364. The van der Waals surface area contributed by atoms with Crippen LogP contribution in [0, 0.1) is 17.2 Å². The predicted octanol–water partition coefficient (Wildman–Crippen LogP) is 2.78. The third kappa shape index (κ3) is 2.45. The van der Waals surface area contributed by atoms with E-state index in [2.05, 4.69) is 17.9 Å². The standard InChI is InChI=1S/C14H18ClN3/c1-10-3-2-6-18(14(10)9-17)12-5-4-11(8-16)13(15)7-12/h4-5,7,10,14H,2-3,6,9,17H2,1H3. The van der Waals surface area contributed by atoms with Gasteiger partial charge in [-0.2, -0.15) is 5.26 Å². The maximum absolute atomic E-state index is 8.89. The normalized spacial score (nSPS) is 23.8. The molecule has 2 N–H and O–H groups in total. The average molecular weight is 264 g/mol. The lowest BCUT2D eigenvalue weighted by Crippen LogP contribution is -2.48. The third-order valence-corrected chi connectivity index (χ3v) is 4.07. The first-order valence-corrected chi connectivity index (χ1v) is 6.71. The van der Waals surface area contributed by atoms with Gasteiger partial charge in [-0.3, -0.25) is 0 Å². The van der Waals surface area contributed by atoms with E-state index in [0.717, 1.165) is 12.2 Å². The number of hydrogen-bond acceptors (Lipinski definition) is 3. The van der Waals surface area contributed by atoms with Gasteiger partial charge in [0.05, 0.1) is 10.6 Å². The molecule has 4 heteroatoms. The molecule has 0 aromatic heterocycles. The quantitative estimate of drug-likeness (QED) is 0.893. The minimum absolute atomic E-state index is 0.364. The fourth-order valence-electron chi connectivity index (χ4n) is 2.70. The molecule has 1 aromatic rings. The van der Waals surface area contributed by atoms with Crippen LogP contribution in [0.5, 0.6) is 0 Å². The fraction of sp³-hybridized carbons (Fsp3) is 0.500. The van der Waals surface area contributed by atoms with Gasteiger partial charge >= 0.3 is 0 Å². The first kappa shape index (κ1) is 13.2. The van der Waals surface area contributed by atoms with Gasteiger partial charge in [0.15, 0.2) is 0 Å². The van der Waals surface area contributed by atoms with Gasteiger partial charge in [-0.15, -0.1) is 0 Å². The summed E-state index contributed by atoms with van der Waals surface area (Å²) >= 11 is 6.10. The van der Waals surface area contributed by atoms with Crippen molar-refractivity contribution in [3.8, 4) is 6.07 Å². The van der Waals surface area contributed by atoms with Crippen molar-refractivity contribution in [2.75, 3.05) is 18.0 Å². The van der Waals surface area contributed by atoms with Gasteiger partial charge < -0.3 is 10.6 Å². The van der Waals surface area contributed by atoms with Crippen LogP contribution in [0.3, 0.4) is 0 Å². The molecule has 1 aliphatic heterocycles. The van der Waals surface area contributed by atoms with E-state index in [1.165, 1.54) is 12.8 Å². The number of nitrogens with zero attached hydrogens (tertiary/aromatic N) is 2. The number of rotatable bonds is 2. The third-order valence-electron chi connectivity index (χ3n) is 3.76. The summed E-state index contributed by atoms with van der Waals surface area (Å²) in [6.45, 7) is 3.90. The second-order valence-electron chi connectivity index (χ2n) is 4.89. The molecule has 0 amide bonds. The van der Waals surface area contributed by atoms with Crippen LogP contribution in [-0.4, -0.2) is 19.1 Å². The van der Waals surface area contributed by atoms with E-state index in [4.69, 9.17) is 22.6 Å². The SMILES string of the molecule is CC1CCCN(c2ccc(C#N)c(Cl)c2)C1CN. The van der Waals surface area contributed by atoms with Gasteiger partial charge in [-0.25, -0.2) is 0 Å². The zero-order valence-electron chi connectivity index (χ0n) is 10.6. The van der Waals surface area contributed by atoms with Crippen LogP contribution < -0.4 is 10.6 Å². The summed E-state index contributed by atoms with van der Waals surface area (Å²) in [6.07, 6.45) is 2.40. The largest absolute Gasteiger partial charge is 0.367 e. The molecule has 0 spiro atoms. The molecule has 0 aliphatic carbocycles. The van der Waals surface area contributed by atoms with Crippen LogP contribution in [0.25, 0.3) is 0 Å². The van der Waals surface area contributed by atoms with Crippen molar-refractivity contribution < 1.29 is 0 Å². The number of piperidine rings is 1. The van der Waals surface area contributed by atoms with E-state index in [-0.39, 0.29) is 0 Å². The van der Waals surface area contributed by atoms with Crippen molar-refractivity contribution in [2.24, 2.45) is 11.7 Å². The summed E-state index contributed by atoms with van der Waals surface area (Å²) in [7, 11) is 0. The van der Waals surface area contributed by atoms with Crippen molar-refractivity contribution in [3.05, 3.63) is 28.8 Å². The Labute approximate surface area is 113 Å². The van der Waals surface area contributed by atoms with E-state index < -0.39 is 0 Å². The Morgan fingerprint density at radius 3 is 2.94 bits per heavy atom. The monoisotopic (exact) mass is 263 g/mol. The lowest BCUT2D eigenvalue weighted by Gasteiger charge is -2.41. The molecule has 2 rings (SSSR count). The Hall–Kier alpha value is -1.24. The minimum Gasteiger partial charge on any atom is -0.367 e. The number of benzene rings is 1. The van der Waals surface area contributed by atoms with E-state index in [1.807, 2.05) is 12.1 Å². The Morgan fingerprint density at radius 1 is 1.56 bits per heavy atom.